The number of rotatable bonds is 3. The standard InChI is InChI=1S/C13H16O2/c1-10(2)12(13(14)15-3)9-11-7-5-4-6-8-11/h4-10H,1-3H3/b12-9+. The van der Waals surface area contributed by atoms with Gasteiger partial charge in [0.2, 0.25) is 0 Å². The lowest BCUT2D eigenvalue weighted by molar-refractivity contribution is -0.136. The molecule has 80 valence electrons. The van der Waals surface area contributed by atoms with Gasteiger partial charge in [0.05, 0.1) is 7.11 Å². The van der Waals surface area contributed by atoms with Crippen LogP contribution >= 0.6 is 0 Å². The number of carbonyl (C=O) groups is 1. The van der Waals surface area contributed by atoms with E-state index in [-0.39, 0.29) is 11.9 Å². The van der Waals surface area contributed by atoms with Gasteiger partial charge < -0.3 is 4.74 Å². The van der Waals surface area contributed by atoms with Gasteiger partial charge in [-0.2, -0.15) is 0 Å². The molecule has 1 aromatic rings. The second-order valence-corrected chi connectivity index (χ2v) is 3.66. The van der Waals surface area contributed by atoms with Crippen LogP contribution in [0.4, 0.5) is 0 Å². The van der Waals surface area contributed by atoms with E-state index in [9.17, 15) is 4.79 Å². The molecule has 0 N–H and O–H groups in total. The first-order valence-corrected chi connectivity index (χ1v) is 5.00. The van der Waals surface area contributed by atoms with Gasteiger partial charge >= 0.3 is 5.97 Å². The zero-order valence-corrected chi connectivity index (χ0v) is 9.36. The summed E-state index contributed by atoms with van der Waals surface area (Å²) in [6.45, 7) is 3.96. The fraction of sp³-hybridized carbons (Fsp3) is 0.308. The van der Waals surface area contributed by atoms with Gasteiger partial charge in [0.25, 0.3) is 0 Å². The Hall–Kier alpha value is -1.57. The van der Waals surface area contributed by atoms with E-state index in [2.05, 4.69) is 0 Å². The van der Waals surface area contributed by atoms with Crippen LogP contribution in [0.25, 0.3) is 6.08 Å². The molecular formula is C13H16O2. The zero-order chi connectivity index (χ0) is 11.3. The molecule has 0 heterocycles. The van der Waals surface area contributed by atoms with E-state index in [1.165, 1.54) is 7.11 Å². The number of ether oxygens (including phenoxy) is 1. The number of carbonyl (C=O) groups excluding carboxylic acids is 1. The summed E-state index contributed by atoms with van der Waals surface area (Å²) in [6.07, 6.45) is 1.87. The van der Waals surface area contributed by atoms with Gasteiger partial charge in [-0.15, -0.1) is 0 Å². The molecule has 2 heteroatoms. The predicted molar refractivity (Wildman–Crippen MR) is 61.3 cm³/mol. The minimum atomic E-state index is -0.256. The van der Waals surface area contributed by atoms with E-state index in [0.717, 1.165) is 5.56 Å². The van der Waals surface area contributed by atoms with E-state index in [0.29, 0.717) is 5.57 Å². The Labute approximate surface area is 90.6 Å². The Kier molecular flexibility index (Phi) is 4.10. The van der Waals surface area contributed by atoms with Gasteiger partial charge in [0, 0.05) is 5.57 Å². The predicted octanol–water partition coefficient (Wildman–Crippen LogP) is 2.90. The SMILES string of the molecule is COC(=O)/C(=C/c1ccccc1)C(C)C. The highest BCUT2D eigenvalue weighted by Gasteiger charge is 2.13. The van der Waals surface area contributed by atoms with Crippen LogP contribution < -0.4 is 0 Å². The Balaban J connectivity index is 3.00. The lowest BCUT2D eigenvalue weighted by atomic mass is 10.0. The van der Waals surface area contributed by atoms with Gasteiger partial charge in [-0.25, -0.2) is 4.79 Å². The van der Waals surface area contributed by atoms with E-state index >= 15 is 0 Å². The quantitative estimate of drug-likeness (QED) is 0.559. The molecule has 0 saturated carbocycles. The van der Waals surface area contributed by atoms with Gasteiger partial charge in [-0.3, -0.25) is 0 Å². The normalized spacial score (nSPS) is 11.6. The van der Waals surface area contributed by atoms with E-state index in [4.69, 9.17) is 4.74 Å². The molecule has 0 fully saturated rings. The number of hydrogen-bond donors (Lipinski definition) is 0. The lowest BCUT2D eigenvalue weighted by Gasteiger charge is -2.08. The Morgan fingerprint density at radius 3 is 2.33 bits per heavy atom. The van der Waals surface area contributed by atoms with Gasteiger partial charge in [0.15, 0.2) is 0 Å². The highest BCUT2D eigenvalue weighted by Crippen LogP contribution is 2.15. The molecule has 15 heavy (non-hydrogen) atoms. The third-order valence-corrected chi connectivity index (χ3v) is 2.16. The summed E-state index contributed by atoms with van der Waals surface area (Å²) in [6, 6.07) is 9.77. The minimum Gasteiger partial charge on any atom is -0.466 e. The molecule has 0 radical (unpaired) electrons. The minimum absolute atomic E-state index is 0.164. The molecule has 0 spiro atoms. The summed E-state index contributed by atoms with van der Waals surface area (Å²) in [4.78, 5) is 11.5. The molecule has 1 aromatic carbocycles. The van der Waals surface area contributed by atoms with Crippen LogP contribution in [0.2, 0.25) is 0 Å². The summed E-state index contributed by atoms with van der Waals surface area (Å²) >= 11 is 0. The molecule has 0 saturated heterocycles. The zero-order valence-electron chi connectivity index (χ0n) is 9.36. The van der Waals surface area contributed by atoms with Gasteiger partial charge in [-0.1, -0.05) is 44.2 Å². The van der Waals surface area contributed by atoms with Crippen molar-refractivity contribution >= 4 is 12.0 Å². The Morgan fingerprint density at radius 2 is 1.87 bits per heavy atom. The molecule has 0 amide bonds. The van der Waals surface area contributed by atoms with Crippen molar-refractivity contribution in [1.29, 1.82) is 0 Å². The number of methoxy groups -OCH3 is 1. The highest BCUT2D eigenvalue weighted by atomic mass is 16.5. The topological polar surface area (TPSA) is 26.3 Å². The number of benzene rings is 1. The van der Waals surface area contributed by atoms with Crippen molar-refractivity contribution in [2.75, 3.05) is 7.11 Å². The molecule has 2 nitrogen and oxygen atoms in total. The molecular weight excluding hydrogens is 188 g/mol. The second kappa shape index (κ2) is 5.35. The first-order valence-electron chi connectivity index (χ1n) is 5.00. The first kappa shape index (κ1) is 11.5. The fourth-order valence-corrected chi connectivity index (χ4v) is 1.31. The average Bonchev–Trinajstić information content (AvgIpc) is 2.26. The van der Waals surface area contributed by atoms with E-state index in [1.807, 2.05) is 50.3 Å². The summed E-state index contributed by atoms with van der Waals surface area (Å²) in [5.41, 5.74) is 1.72. The Morgan fingerprint density at radius 1 is 1.27 bits per heavy atom. The molecule has 0 aromatic heterocycles. The van der Waals surface area contributed by atoms with Crippen molar-refractivity contribution in [3.05, 3.63) is 41.5 Å². The third-order valence-electron chi connectivity index (χ3n) is 2.16. The van der Waals surface area contributed by atoms with Crippen molar-refractivity contribution in [3.8, 4) is 0 Å². The van der Waals surface area contributed by atoms with Crippen molar-refractivity contribution in [3.63, 3.8) is 0 Å². The molecule has 1 rings (SSSR count). The monoisotopic (exact) mass is 204 g/mol. The second-order valence-electron chi connectivity index (χ2n) is 3.66. The highest BCUT2D eigenvalue weighted by molar-refractivity contribution is 5.94. The maximum atomic E-state index is 11.5. The van der Waals surface area contributed by atoms with E-state index < -0.39 is 0 Å². The summed E-state index contributed by atoms with van der Waals surface area (Å²) in [5.74, 6) is -0.0912. The van der Waals surface area contributed by atoms with Crippen molar-refractivity contribution in [2.45, 2.75) is 13.8 Å². The summed E-state index contributed by atoms with van der Waals surface area (Å²) in [7, 11) is 1.41. The molecule has 0 aliphatic heterocycles. The van der Waals surface area contributed by atoms with Gasteiger partial charge in [-0.05, 0) is 17.6 Å². The van der Waals surface area contributed by atoms with Crippen LogP contribution in [0, 0.1) is 5.92 Å². The molecule has 0 aliphatic carbocycles. The maximum absolute atomic E-state index is 11.5. The van der Waals surface area contributed by atoms with Crippen LogP contribution in [0.1, 0.15) is 19.4 Å². The van der Waals surface area contributed by atoms with E-state index in [1.54, 1.807) is 0 Å². The van der Waals surface area contributed by atoms with Crippen molar-refractivity contribution < 1.29 is 9.53 Å². The maximum Gasteiger partial charge on any atom is 0.334 e. The molecule has 0 atom stereocenters. The molecule has 0 unspecified atom stereocenters. The van der Waals surface area contributed by atoms with Crippen LogP contribution in [-0.2, 0) is 9.53 Å². The fourth-order valence-electron chi connectivity index (χ4n) is 1.31. The number of hydrogen-bond acceptors (Lipinski definition) is 2. The van der Waals surface area contributed by atoms with Crippen LogP contribution in [0.15, 0.2) is 35.9 Å². The largest absolute Gasteiger partial charge is 0.466 e. The third kappa shape index (κ3) is 3.24. The smallest absolute Gasteiger partial charge is 0.334 e. The summed E-state index contributed by atoms with van der Waals surface area (Å²) in [5, 5.41) is 0. The summed E-state index contributed by atoms with van der Waals surface area (Å²) < 4.78 is 4.74. The van der Waals surface area contributed by atoms with Crippen LogP contribution in [0.5, 0.6) is 0 Å². The lowest BCUT2D eigenvalue weighted by Crippen LogP contribution is -2.09. The molecule has 0 aliphatic rings. The van der Waals surface area contributed by atoms with Crippen LogP contribution in [0.3, 0.4) is 0 Å². The average molecular weight is 204 g/mol. The van der Waals surface area contributed by atoms with Crippen molar-refractivity contribution in [1.82, 2.24) is 0 Å². The van der Waals surface area contributed by atoms with Crippen LogP contribution in [-0.4, -0.2) is 13.1 Å². The Bertz CT molecular complexity index is 350. The molecule has 0 bridgehead atoms. The first-order chi connectivity index (χ1) is 7.15. The van der Waals surface area contributed by atoms with Gasteiger partial charge in [0.1, 0.15) is 0 Å². The van der Waals surface area contributed by atoms with Crippen molar-refractivity contribution in [2.24, 2.45) is 5.92 Å². The number of esters is 1.